The molecule has 0 bridgehead atoms. The zero-order valence-corrected chi connectivity index (χ0v) is 16.4. The number of hydrogen-bond acceptors (Lipinski definition) is 7. The molecule has 3 rings (SSSR count). The van der Waals surface area contributed by atoms with Crippen LogP contribution in [-0.2, 0) is 4.74 Å². The molecule has 146 valence electrons. The Bertz CT molecular complexity index is 1010. The van der Waals surface area contributed by atoms with Crippen molar-refractivity contribution in [2.24, 2.45) is 0 Å². The molecule has 28 heavy (non-hydrogen) atoms. The second-order valence-electron chi connectivity index (χ2n) is 6.01. The van der Waals surface area contributed by atoms with Crippen molar-refractivity contribution in [1.82, 2.24) is 5.16 Å². The summed E-state index contributed by atoms with van der Waals surface area (Å²) in [4.78, 5) is 12.1. The SMILES string of the molecule is COC(=O)c1cc(-c2conc2-c2cc(C)c(OC)c(OC)c2)ccc1OC. The summed E-state index contributed by atoms with van der Waals surface area (Å²) in [5, 5.41) is 4.15. The minimum atomic E-state index is -0.487. The fourth-order valence-corrected chi connectivity index (χ4v) is 3.09. The van der Waals surface area contributed by atoms with Gasteiger partial charge in [0.2, 0.25) is 0 Å². The van der Waals surface area contributed by atoms with Gasteiger partial charge in [0.15, 0.2) is 11.5 Å². The summed E-state index contributed by atoms with van der Waals surface area (Å²) >= 11 is 0. The van der Waals surface area contributed by atoms with Gasteiger partial charge in [-0.25, -0.2) is 4.79 Å². The number of nitrogens with zero attached hydrogens (tertiary/aromatic N) is 1. The van der Waals surface area contributed by atoms with Gasteiger partial charge in [-0.15, -0.1) is 0 Å². The van der Waals surface area contributed by atoms with Crippen LogP contribution < -0.4 is 14.2 Å². The highest BCUT2D eigenvalue weighted by atomic mass is 16.5. The van der Waals surface area contributed by atoms with Gasteiger partial charge in [-0.3, -0.25) is 0 Å². The maximum absolute atomic E-state index is 12.1. The zero-order chi connectivity index (χ0) is 20.3. The molecule has 1 aromatic heterocycles. The number of carbonyl (C=O) groups excluding carboxylic acids is 1. The van der Waals surface area contributed by atoms with Crippen LogP contribution in [-0.4, -0.2) is 39.6 Å². The first-order chi connectivity index (χ1) is 13.5. The topological polar surface area (TPSA) is 80.0 Å². The molecule has 0 saturated heterocycles. The number of hydrogen-bond donors (Lipinski definition) is 0. The van der Waals surface area contributed by atoms with Gasteiger partial charge in [0.05, 0.1) is 28.4 Å². The van der Waals surface area contributed by atoms with E-state index in [0.717, 1.165) is 22.3 Å². The largest absolute Gasteiger partial charge is 0.496 e. The van der Waals surface area contributed by atoms with Crippen molar-refractivity contribution in [2.75, 3.05) is 28.4 Å². The van der Waals surface area contributed by atoms with Gasteiger partial charge in [-0.2, -0.15) is 0 Å². The predicted molar refractivity (Wildman–Crippen MR) is 103 cm³/mol. The van der Waals surface area contributed by atoms with Crippen molar-refractivity contribution in [3.8, 4) is 39.6 Å². The van der Waals surface area contributed by atoms with Crippen LogP contribution in [0.4, 0.5) is 0 Å². The standard InChI is InChI=1S/C21H21NO6/c1-12-8-14(10-18(25-3)20(12)26-4)19-16(11-28-22-19)13-6-7-17(24-2)15(9-13)21(23)27-5/h6-11H,1-5H3. The molecule has 7 nitrogen and oxygen atoms in total. The van der Waals surface area contributed by atoms with Crippen molar-refractivity contribution in [3.05, 3.63) is 47.7 Å². The third-order valence-corrected chi connectivity index (χ3v) is 4.42. The number of aryl methyl sites for hydroxylation is 1. The highest BCUT2D eigenvalue weighted by Crippen LogP contribution is 2.39. The average molecular weight is 383 g/mol. The molecule has 0 aliphatic carbocycles. The summed E-state index contributed by atoms with van der Waals surface area (Å²) < 4.78 is 26.2. The lowest BCUT2D eigenvalue weighted by Gasteiger charge is -2.13. The summed E-state index contributed by atoms with van der Waals surface area (Å²) in [5.41, 5.74) is 4.10. The molecule has 0 saturated carbocycles. The summed E-state index contributed by atoms with van der Waals surface area (Å²) in [6.07, 6.45) is 1.53. The fourth-order valence-electron chi connectivity index (χ4n) is 3.09. The van der Waals surface area contributed by atoms with Gasteiger partial charge < -0.3 is 23.5 Å². The van der Waals surface area contributed by atoms with Crippen LogP contribution in [0.2, 0.25) is 0 Å². The molecule has 2 aromatic carbocycles. The minimum Gasteiger partial charge on any atom is -0.496 e. The van der Waals surface area contributed by atoms with E-state index in [4.69, 9.17) is 23.5 Å². The van der Waals surface area contributed by atoms with Gasteiger partial charge in [0.25, 0.3) is 0 Å². The van der Waals surface area contributed by atoms with E-state index in [-0.39, 0.29) is 0 Å². The molecule has 0 atom stereocenters. The Morgan fingerprint density at radius 2 is 1.68 bits per heavy atom. The number of benzene rings is 2. The molecule has 0 spiro atoms. The second kappa shape index (κ2) is 8.04. The predicted octanol–water partition coefficient (Wildman–Crippen LogP) is 4.13. The Kier molecular flexibility index (Phi) is 5.54. The molecule has 0 unspecified atom stereocenters. The quantitative estimate of drug-likeness (QED) is 0.592. The Balaban J connectivity index is 2.13. The van der Waals surface area contributed by atoms with Gasteiger partial charge in [-0.05, 0) is 42.3 Å². The Hall–Kier alpha value is -3.48. The number of methoxy groups -OCH3 is 4. The third kappa shape index (κ3) is 3.38. The van der Waals surface area contributed by atoms with Crippen LogP contribution in [0, 0.1) is 6.92 Å². The van der Waals surface area contributed by atoms with Crippen LogP contribution in [0.1, 0.15) is 15.9 Å². The Morgan fingerprint density at radius 1 is 0.929 bits per heavy atom. The second-order valence-corrected chi connectivity index (χ2v) is 6.01. The molecule has 1 heterocycles. The smallest absolute Gasteiger partial charge is 0.341 e. The van der Waals surface area contributed by atoms with E-state index < -0.39 is 5.97 Å². The van der Waals surface area contributed by atoms with Crippen molar-refractivity contribution in [3.63, 3.8) is 0 Å². The molecule has 0 aliphatic rings. The van der Waals surface area contributed by atoms with Crippen molar-refractivity contribution in [2.45, 2.75) is 6.92 Å². The molecule has 0 amide bonds. The molecule has 7 heteroatoms. The van der Waals surface area contributed by atoms with E-state index in [1.807, 2.05) is 25.1 Å². The first-order valence-electron chi connectivity index (χ1n) is 8.48. The zero-order valence-electron chi connectivity index (χ0n) is 16.4. The van der Waals surface area contributed by atoms with Crippen LogP contribution in [0.5, 0.6) is 17.2 Å². The first kappa shape index (κ1) is 19.3. The van der Waals surface area contributed by atoms with Gasteiger partial charge in [-0.1, -0.05) is 11.2 Å². The van der Waals surface area contributed by atoms with Gasteiger partial charge in [0, 0.05) is 11.1 Å². The monoisotopic (exact) mass is 383 g/mol. The maximum Gasteiger partial charge on any atom is 0.341 e. The fraction of sp³-hybridized carbons (Fsp3) is 0.238. The van der Waals surface area contributed by atoms with E-state index in [0.29, 0.717) is 28.5 Å². The normalized spacial score (nSPS) is 10.5. The number of ether oxygens (including phenoxy) is 4. The first-order valence-corrected chi connectivity index (χ1v) is 8.48. The summed E-state index contributed by atoms with van der Waals surface area (Å²) in [6.45, 7) is 1.92. The molecule has 0 N–H and O–H groups in total. The number of aromatic nitrogens is 1. The van der Waals surface area contributed by atoms with E-state index in [2.05, 4.69) is 5.16 Å². The summed E-state index contributed by atoms with van der Waals surface area (Å²) in [7, 11) is 6.00. The molecule has 0 radical (unpaired) electrons. The van der Waals surface area contributed by atoms with Gasteiger partial charge in [0.1, 0.15) is 23.3 Å². The molecule has 0 fully saturated rings. The lowest BCUT2D eigenvalue weighted by atomic mass is 9.98. The lowest BCUT2D eigenvalue weighted by Crippen LogP contribution is -2.04. The highest BCUT2D eigenvalue weighted by Gasteiger charge is 2.20. The van der Waals surface area contributed by atoms with Crippen LogP contribution >= 0.6 is 0 Å². The van der Waals surface area contributed by atoms with E-state index in [1.54, 1.807) is 26.4 Å². The summed E-state index contributed by atoms with van der Waals surface area (Å²) in [5.74, 6) is 1.19. The van der Waals surface area contributed by atoms with E-state index >= 15 is 0 Å². The third-order valence-electron chi connectivity index (χ3n) is 4.42. The van der Waals surface area contributed by atoms with Gasteiger partial charge >= 0.3 is 5.97 Å². The molecule has 3 aromatic rings. The Labute approximate surface area is 162 Å². The van der Waals surface area contributed by atoms with Crippen molar-refractivity contribution < 1.29 is 28.3 Å². The number of carbonyl (C=O) groups is 1. The van der Waals surface area contributed by atoms with Crippen LogP contribution in [0.25, 0.3) is 22.4 Å². The maximum atomic E-state index is 12.1. The highest BCUT2D eigenvalue weighted by molar-refractivity contribution is 5.95. The van der Waals surface area contributed by atoms with Crippen LogP contribution in [0.3, 0.4) is 0 Å². The number of esters is 1. The summed E-state index contributed by atoms with van der Waals surface area (Å²) in [6, 6.07) is 8.99. The number of rotatable bonds is 6. The molecular weight excluding hydrogens is 362 g/mol. The van der Waals surface area contributed by atoms with Crippen molar-refractivity contribution in [1.29, 1.82) is 0 Å². The lowest BCUT2D eigenvalue weighted by molar-refractivity contribution is 0.0597. The van der Waals surface area contributed by atoms with Crippen molar-refractivity contribution >= 4 is 5.97 Å². The Morgan fingerprint density at radius 3 is 2.32 bits per heavy atom. The molecular formula is C21H21NO6. The van der Waals surface area contributed by atoms with E-state index in [1.165, 1.54) is 20.5 Å². The molecule has 0 aliphatic heterocycles. The average Bonchev–Trinajstić information content (AvgIpc) is 3.21. The minimum absolute atomic E-state index is 0.318. The van der Waals surface area contributed by atoms with Crippen LogP contribution in [0.15, 0.2) is 41.1 Å². The van der Waals surface area contributed by atoms with E-state index in [9.17, 15) is 4.79 Å².